The smallest absolute Gasteiger partial charge is 0.317 e. The van der Waals surface area contributed by atoms with Crippen LogP contribution in [0.4, 0.5) is 4.79 Å². The third-order valence-electron chi connectivity index (χ3n) is 5.51. The van der Waals surface area contributed by atoms with Crippen molar-refractivity contribution < 1.29 is 19.5 Å². The van der Waals surface area contributed by atoms with Gasteiger partial charge >= 0.3 is 12.0 Å². The molecule has 2 aliphatic rings. The van der Waals surface area contributed by atoms with Crippen LogP contribution < -0.4 is 5.32 Å². The van der Waals surface area contributed by atoms with E-state index in [1.807, 2.05) is 16.7 Å². The molecule has 0 aliphatic carbocycles. The summed E-state index contributed by atoms with van der Waals surface area (Å²) in [6.07, 6.45) is 2.85. The zero-order chi connectivity index (χ0) is 19.3. The number of amides is 3. The highest BCUT2D eigenvalue weighted by atomic mass is 16.4. The lowest BCUT2D eigenvalue weighted by atomic mass is 9.86. The fourth-order valence-corrected chi connectivity index (χ4v) is 3.93. The normalized spacial score (nSPS) is 26.7. The maximum absolute atomic E-state index is 12.6. The van der Waals surface area contributed by atoms with E-state index in [0.29, 0.717) is 44.9 Å². The van der Waals surface area contributed by atoms with Crippen LogP contribution in [-0.2, 0) is 9.59 Å². The predicted octanol–water partition coefficient (Wildman–Crippen LogP) is 2.02. The van der Waals surface area contributed by atoms with E-state index in [4.69, 9.17) is 0 Å². The number of carboxylic acids is 1. The molecule has 0 bridgehead atoms. The zero-order valence-corrected chi connectivity index (χ0v) is 16.2. The van der Waals surface area contributed by atoms with Gasteiger partial charge in [-0.2, -0.15) is 0 Å². The molecule has 26 heavy (non-hydrogen) atoms. The van der Waals surface area contributed by atoms with Gasteiger partial charge in [-0.1, -0.05) is 20.8 Å². The van der Waals surface area contributed by atoms with Crippen LogP contribution >= 0.6 is 0 Å². The first kappa shape index (κ1) is 20.5. The molecular weight excluding hydrogens is 334 g/mol. The molecule has 0 radical (unpaired) electrons. The highest BCUT2D eigenvalue weighted by Gasteiger charge is 2.34. The van der Waals surface area contributed by atoms with E-state index in [2.05, 4.69) is 19.2 Å². The Kier molecular flexibility index (Phi) is 7.29. The second kappa shape index (κ2) is 9.24. The van der Waals surface area contributed by atoms with Gasteiger partial charge in [-0.3, -0.25) is 9.59 Å². The average Bonchev–Trinajstić information content (AvgIpc) is 2.59. The van der Waals surface area contributed by atoms with Gasteiger partial charge in [0.05, 0.1) is 5.92 Å². The number of carboxylic acid groups (broad SMARTS) is 1. The van der Waals surface area contributed by atoms with E-state index in [0.717, 1.165) is 19.4 Å². The first-order chi connectivity index (χ1) is 12.3. The molecule has 148 valence electrons. The lowest BCUT2D eigenvalue weighted by molar-refractivity contribution is -0.148. The Morgan fingerprint density at radius 1 is 1.12 bits per heavy atom. The van der Waals surface area contributed by atoms with Crippen molar-refractivity contribution in [1.82, 2.24) is 15.1 Å². The number of nitrogens with zero attached hydrogens (tertiary/aromatic N) is 2. The summed E-state index contributed by atoms with van der Waals surface area (Å²) in [5, 5.41) is 12.2. The fraction of sp³-hybridized carbons (Fsp3) is 0.842. The second-order valence-electron chi connectivity index (χ2n) is 8.29. The number of hydrogen-bond donors (Lipinski definition) is 2. The Morgan fingerprint density at radius 3 is 2.46 bits per heavy atom. The highest BCUT2D eigenvalue weighted by molar-refractivity contribution is 5.78. The SMILES string of the molecule is CC(C)CNC(=O)N1CCCC(CC(=O)N2CCC(C(=O)O)C(C)C2)C1. The summed E-state index contributed by atoms with van der Waals surface area (Å²) in [5.74, 6) is -0.441. The summed E-state index contributed by atoms with van der Waals surface area (Å²) < 4.78 is 0. The summed E-state index contributed by atoms with van der Waals surface area (Å²) in [4.78, 5) is 39.7. The molecule has 2 fully saturated rings. The molecule has 7 nitrogen and oxygen atoms in total. The second-order valence-corrected chi connectivity index (χ2v) is 8.29. The Morgan fingerprint density at radius 2 is 1.85 bits per heavy atom. The van der Waals surface area contributed by atoms with Crippen molar-refractivity contribution in [2.24, 2.45) is 23.7 Å². The third-order valence-corrected chi connectivity index (χ3v) is 5.51. The summed E-state index contributed by atoms with van der Waals surface area (Å²) in [6.45, 7) is 9.09. The van der Waals surface area contributed by atoms with Crippen molar-refractivity contribution in [3.63, 3.8) is 0 Å². The molecule has 0 aromatic carbocycles. The lowest BCUT2D eigenvalue weighted by Crippen LogP contribution is -2.48. The van der Waals surface area contributed by atoms with Crippen LogP contribution in [-0.4, -0.2) is 65.5 Å². The minimum absolute atomic E-state index is 0.0186. The highest BCUT2D eigenvalue weighted by Crippen LogP contribution is 2.26. The predicted molar refractivity (Wildman–Crippen MR) is 98.6 cm³/mol. The molecule has 2 aliphatic heterocycles. The van der Waals surface area contributed by atoms with E-state index in [-0.39, 0.29) is 29.7 Å². The van der Waals surface area contributed by atoms with Gasteiger partial charge in [0.25, 0.3) is 0 Å². The molecule has 2 heterocycles. The van der Waals surface area contributed by atoms with Gasteiger partial charge in [-0.15, -0.1) is 0 Å². The monoisotopic (exact) mass is 367 g/mol. The van der Waals surface area contributed by atoms with Crippen LogP contribution in [0.25, 0.3) is 0 Å². The van der Waals surface area contributed by atoms with E-state index < -0.39 is 5.97 Å². The van der Waals surface area contributed by atoms with Crippen molar-refractivity contribution in [1.29, 1.82) is 0 Å². The van der Waals surface area contributed by atoms with Crippen LogP contribution in [0.5, 0.6) is 0 Å². The largest absolute Gasteiger partial charge is 0.481 e. The maximum Gasteiger partial charge on any atom is 0.317 e. The topological polar surface area (TPSA) is 90.0 Å². The average molecular weight is 367 g/mol. The number of likely N-dealkylation sites (tertiary alicyclic amines) is 2. The molecule has 0 aromatic rings. The first-order valence-electron chi connectivity index (χ1n) is 9.81. The van der Waals surface area contributed by atoms with Gasteiger partial charge in [0.15, 0.2) is 0 Å². The Labute approximate surface area is 156 Å². The minimum atomic E-state index is -0.764. The van der Waals surface area contributed by atoms with Crippen LogP contribution in [0, 0.1) is 23.7 Å². The summed E-state index contributed by atoms with van der Waals surface area (Å²) >= 11 is 0. The summed E-state index contributed by atoms with van der Waals surface area (Å²) in [7, 11) is 0. The Bertz CT molecular complexity index is 523. The van der Waals surface area contributed by atoms with E-state index in [9.17, 15) is 19.5 Å². The quantitative estimate of drug-likeness (QED) is 0.778. The van der Waals surface area contributed by atoms with Crippen LogP contribution in [0.3, 0.4) is 0 Å². The minimum Gasteiger partial charge on any atom is -0.481 e. The van der Waals surface area contributed by atoms with Gasteiger partial charge < -0.3 is 20.2 Å². The number of aliphatic carboxylic acids is 1. The van der Waals surface area contributed by atoms with Crippen LogP contribution in [0.1, 0.15) is 46.5 Å². The molecule has 2 saturated heterocycles. The molecule has 2 rings (SSSR count). The number of carbonyl (C=O) groups is 3. The third kappa shape index (κ3) is 5.61. The van der Waals surface area contributed by atoms with Crippen molar-refractivity contribution in [3.8, 4) is 0 Å². The van der Waals surface area contributed by atoms with Gasteiger partial charge in [0, 0.05) is 39.1 Å². The molecule has 0 saturated carbocycles. The number of urea groups is 1. The molecule has 0 aromatic heterocycles. The van der Waals surface area contributed by atoms with Crippen LogP contribution in [0.2, 0.25) is 0 Å². The number of hydrogen-bond acceptors (Lipinski definition) is 3. The van der Waals surface area contributed by atoms with Crippen molar-refractivity contribution in [2.75, 3.05) is 32.7 Å². The van der Waals surface area contributed by atoms with Crippen molar-refractivity contribution in [2.45, 2.75) is 46.5 Å². The summed E-state index contributed by atoms with van der Waals surface area (Å²) in [5.41, 5.74) is 0. The first-order valence-corrected chi connectivity index (χ1v) is 9.81. The van der Waals surface area contributed by atoms with E-state index >= 15 is 0 Å². The Balaban J connectivity index is 1.81. The number of nitrogens with one attached hydrogen (secondary N) is 1. The fourth-order valence-electron chi connectivity index (χ4n) is 3.93. The molecule has 3 unspecified atom stereocenters. The molecular formula is C19H33N3O4. The summed E-state index contributed by atoms with van der Waals surface area (Å²) in [6, 6.07) is -0.0354. The molecule has 3 atom stereocenters. The molecule has 7 heteroatoms. The molecule has 2 N–H and O–H groups in total. The maximum atomic E-state index is 12.6. The standard InChI is InChI=1S/C19H33N3O4/c1-13(2)10-20-19(26)22-7-4-5-15(12-22)9-17(23)21-8-6-16(18(24)25)14(3)11-21/h13-16H,4-12H2,1-3H3,(H,20,26)(H,24,25). The van der Waals surface area contributed by atoms with Gasteiger partial charge in [0.2, 0.25) is 5.91 Å². The van der Waals surface area contributed by atoms with E-state index in [1.165, 1.54) is 0 Å². The van der Waals surface area contributed by atoms with Crippen molar-refractivity contribution in [3.05, 3.63) is 0 Å². The van der Waals surface area contributed by atoms with Crippen molar-refractivity contribution >= 4 is 17.9 Å². The zero-order valence-electron chi connectivity index (χ0n) is 16.2. The van der Waals surface area contributed by atoms with Gasteiger partial charge in [-0.05, 0) is 37.0 Å². The molecule has 0 spiro atoms. The van der Waals surface area contributed by atoms with E-state index in [1.54, 1.807) is 0 Å². The van der Waals surface area contributed by atoms with Gasteiger partial charge in [0.1, 0.15) is 0 Å². The van der Waals surface area contributed by atoms with Gasteiger partial charge in [-0.25, -0.2) is 4.79 Å². The lowest BCUT2D eigenvalue weighted by Gasteiger charge is -2.37. The molecule has 3 amide bonds. The number of piperidine rings is 2. The number of carbonyl (C=O) groups excluding carboxylic acids is 2. The Hall–Kier alpha value is -1.79. The van der Waals surface area contributed by atoms with Crippen LogP contribution in [0.15, 0.2) is 0 Å². The number of rotatable bonds is 5.